The van der Waals surface area contributed by atoms with E-state index in [0.717, 1.165) is 7.11 Å². The number of aliphatic hydroxyl groups excluding tert-OH is 1. The molecule has 34 heavy (non-hydrogen) atoms. The summed E-state index contributed by atoms with van der Waals surface area (Å²) < 4.78 is 22.5. The first-order valence-corrected chi connectivity index (χ1v) is 10.9. The fraction of sp³-hybridized carbons (Fsp3) is 0.583. The van der Waals surface area contributed by atoms with Crippen molar-refractivity contribution >= 4 is 23.7 Å². The van der Waals surface area contributed by atoms with Gasteiger partial charge in [-0.1, -0.05) is 19.2 Å². The Hall–Kier alpha value is -2.82. The summed E-state index contributed by atoms with van der Waals surface area (Å²) in [4.78, 5) is 52.0. The van der Waals surface area contributed by atoms with Crippen LogP contribution in [-0.4, -0.2) is 76.1 Å². The van der Waals surface area contributed by atoms with Crippen LogP contribution in [0.3, 0.4) is 0 Å². The Balaban J connectivity index is 2.32. The molecule has 0 aliphatic carbocycles. The Kier molecular flexibility index (Phi) is 6.40. The van der Waals surface area contributed by atoms with Crippen LogP contribution in [0.15, 0.2) is 36.0 Å². The van der Waals surface area contributed by atoms with E-state index in [4.69, 9.17) is 18.9 Å². The van der Waals surface area contributed by atoms with Gasteiger partial charge in [-0.15, -0.1) is 0 Å². The fourth-order valence-corrected chi connectivity index (χ4v) is 5.15. The lowest BCUT2D eigenvalue weighted by Gasteiger charge is -2.57. The maximum Gasteiger partial charge on any atom is 0.337 e. The van der Waals surface area contributed by atoms with E-state index in [2.05, 4.69) is 13.2 Å². The van der Waals surface area contributed by atoms with Crippen LogP contribution in [0.4, 0.5) is 0 Å². The number of fused-ring (bicyclic) bond motifs is 1. The van der Waals surface area contributed by atoms with E-state index in [-0.39, 0.29) is 30.4 Å². The minimum Gasteiger partial charge on any atom is -0.466 e. The molecule has 186 valence electrons. The first kappa shape index (κ1) is 25.8. The second kappa shape index (κ2) is 8.44. The number of rotatable bonds is 5. The van der Waals surface area contributed by atoms with Crippen molar-refractivity contribution in [1.29, 1.82) is 0 Å². The highest BCUT2D eigenvalue weighted by Gasteiger charge is 2.74. The van der Waals surface area contributed by atoms with Crippen LogP contribution in [0.1, 0.15) is 46.5 Å². The van der Waals surface area contributed by atoms with E-state index in [0.29, 0.717) is 0 Å². The molecule has 10 heteroatoms. The summed E-state index contributed by atoms with van der Waals surface area (Å²) in [6.07, 6.45) is -0.558. The first-order valence-electron chi connectivity index (χ1n) is 10.9. The van der Waals surface area contributed by atoms with Crippen molar-refractivity contribution in [2.45, 2.75) is 75.0 Å². The van der Waals surface area contributed by atoms with Gasteiger partial charge in [-0.2, -0.15) is 0 Å². The third-order valence-electron chi connectivity index (χ3n) is 7.06. The molecule has 3 heterocycles. The minimum absolute atomic E-state index is 0.0649. The molecule has 0 aromatic rings. The van der Waals surface area contributed by atoms with Crippen LogP contribution in [0.2, 0.25) is 0 Å². The molecule has 0 saturated carbocycles. The number of carbonyl (C=O) groups is 4. The number of carbonyl (C=O) groups excluding carboxylic acids is 4. The van der Waals surface area contributed by atoms with Gasteiger partial charge in [-0.05, 0) is 33.6 Å². The SMILES string of the molecule is C=C(CO)C(=O)O[C@H]1C[C@@]2(C)OC(=O)/C(=C/C)[C@]23CC[C@@](C)(O)CC(=O)[C@@]1(C(=C)C(=O)OC)O3. The smallest absolute Gasteiger partial charge is 0.337 e. The van der Waals surface area contributed by atoms with Gasteiger partial charge in [0.25, 0.3) is 0 Å². The summed E-state index contributed by atoms with van der Waals surface area (Å²) in [6, 6.07) is 0. The van der Waals surface area contributed by atoms with Crippen LogP contribution in [0.25, 0.3) is 0 Å². The van der Waals surface area contributed by atoms with Gasteiger partial charge in [0.2, 0.25) is 0 Å². The third-order valence-corrected chi connectivity index (χ3v) is 7.06. The van der Waals surface area contributed by atoms with Gasteiger partial charge in [0.1, 0.15) is 17.3 Å². The maximum absolute atomic E-state index is 13.8. The Morgan fingerprint density at radius 3 is 2.41 bits per heavy atom. The third kappa shape index (κ3) is 3.60. The maximum atomic E-state index is 13.8. The normalized spacial score (nSPS) is 38.3. The Morgan fingerprint density at radius 1 is 1.21 bits per heavy atom. The number of ketones is 1. The molecule has 5 atom stereocenters. The first-order chi connectivity index (χ1) is 15.7. The summed E-state index contributed by atoms with van der Waals surface area (Å²) in [5.41, 5.74) is -7.47. The fourth-order valence-electron chi connectivity index (χ4n) is 5.15. The van der Waals surface area contributed by atoms with Gasteiger partial charge >= 0.3 is 17.9 Å². The summed E-state index contributed by atoms with van der Waals surface area (Å²) >= 11 is 0. The number of Topliss-reactive ketones (excluding diaryl/α,β-unsaturated/α-hetero) is 1. The van der Waals surface area contributed by atoms with Crippen molar-refractivity contribution in [3.05, 3.63) is 36.0 Å². The van der Waals surface area contributed by atoms with Crippen molar-refractivity contribution in [3.63, 3.8) is 0 Å². The lowest BCUT2D eigenvalue weighted by Crippen LogP contribution is -2.72. The van der Waals surface area contributed by atoms with Crippen LogP contribution < -0.4 is 0 Å². The molecule has 0 radical (unpaired) electrons. The zero-order valence-corrected chi connectivity index (χ0v) is 19.8. The molecule has 0 unspecified atom stereocenters. The topological polar surface area (TPSA) is 146 Å². The highest BCUT2D eigenvalue weighted by molar-refractivity contribution is 6.05. The summed E-state index contributed by atoms with van der Waals surface area (Å²) in [5, 5.41) is 20.3. The van der Waals surface area contributed by atoms with Gasteiger partial charge in [0, 0.05) is 12.8 Å². The zero-order valence-electron chi connectivity index (χ0n) is 19.8. The van der Waals surface area contributed by atoms with Crippen LogP contribution in [-0.2, 0) is 38.1 Å². The highest BCUT2D eigenvalue weighted by atomic mass is 16.6. The monoisotopic (exact) mass is 478 g/mol. The molecule has 1 spiro atoms. The van der Waals surface area contributed by atoms with Crippen molar-refractivity contribution in [2.24, 2.45) is 0 Å². The number of methoxy groups -OCH3 is 1. The van der Waals surface area contributed by atoms with E-state index >= 15 is 0 Å². The Morgan fingerprint density at radius 2 is 1.85 bits per heavy atom. The molecule has 0 amide bonds. The van der Waals surface area contributed by atoms with E-state index < -0.39 is 70.8 Å². The molecule has 0 aromatic heterocycles. The largest absolute Gasteiger partial charge is 0.466 e. The second-order valence-corrected chi connectivity index (χ2v) is 9.41. The average molecular weight is 478 g/mol. The number of aliphatic hydroxyl groups is 2. The van der Waals surface area contributed by atoms with Crippen molar-refractivity contribution in [2.75, 3.05) is 13.7 Å². The van der Waals surface area contributed by atoms with Crippen LogP contribution in [0, 0.1) is 0 Å². The van der Waals surface area contributed by atoms with Gasteiger partial charge in [0.05, 0.1) is 36.0 Å². The molecule has 2 N–H and O–H groups in total. The molecular weight excluding hydrogens is 448 g/mol. The zero-order chi connectivity index (χ0) is 25.7. The van der Waals surface area contributed by atoms with E-state index in [9.17, 15) is 29.4 Å². The number of ether oxygens (including phenoxy) is 4. The van der Waals surface area contributed by atoms with E-state index in [1.54, 1.807) is 13.8 Å². The van der Waals surface area contributed by atoms with Gasteiger partial charge < -0.3 is 29.2 Å². The molecule has 3 fully saturated rings. The molecule has 3 aliphatic heterocycles. The molecule has 10 nitrogen and oxygen atoms in total. The van der Waals surface area contributed by atoms with Crippen molar-refractivity contribution < 1.29 is 48.3 Å². The molecule has 3 rings (SSSR count). The minimum atomic E-state index is -2.30. The summed E-state index contributed by atoms with van der Waals surface area (Å²) in [5.74, 6) is -3.51. The molecule has 2 bridgehead atoms. The van der Waals surface area contributed by atoms with Crippen LogP contribution in [0.5, 0.6) is 0 Å². The number of hydrogen-bond donors (Lipinski definition) is 2. The lowest BCUT2D eigenvalue weighted by molar-refractivity contribution is -0.271. The van der Waals surface area contributed by atoms with E-state index in [1.807, 2.05) is 0 Å². The van der Waals surface area contributed by atoms with E-state index in [1.165, 1.54) is 13.0 Å². The van der Waals surface area contributed by atoms with Crippen molar-refractivity contribution in [1.82, 2.24) is 0 Å². The summed E-state index contributed by atoms with van der Waals surface area (Å²) in [7, 11) is 1.09. The lowest BCUT2D eigenvalue weighted by atomic mass is 9.63. The average Bonchev–Trinajstić information content (AvgIpc) is 2.99. The number of allylic oxidation sites excluding steroid dienone is 1. The molecule has 3 saturated heterocycles. The molecule has 3 aliphatic rings. The highest BCUT2D eigenvalue weighted by Crippen LogP contribution is 2.59. The van der Waals surface area contributed by atoms with Gasteiger partial charge in [-0.3, -0.25) is 4.79 Å². The Bertz CT molecular complexity index is 1010. The van der Waals surface area contributed by atoms with Crippen molar-refractivity contribution in [3.8, 4) is 0 Å². The van der Waals surface area contributed by atoms with Gasteiger partial charge in [0.15, 0.2) is 11.4 Å². The standard InChI is InChI=1S/C24H30O10/c1-7-15-20(29)33-22(5)11-17(32-18(27)13(2)12-25)24(14(3)19(28)31-6)16(26)10-21(4,30)8-9-23(15,22)34-24/h7,17,25,30H,2-3,8-12H2,1,4-6H3/b15-7-/t17-,21+,22+,23+,24+/m0/s1. The number of hydrogen-bond acceptors (Lipinski definition) is 10. The predicted octanol–water partition coefficient (Wildman–Crippen LogP) is 0.840. The Labute approximate surface area is 197 Å². The quantitative estimate of drug-likeness (QED) is 0.331. The molecular formula is C24H30O10. The summed E-state index contributed by atoms with van der Waals surface area (Å²) in [6.45, 7) is 11.1. The number of esters is 3. The predicted molar refractivity (Wildman–Crippen MR) is 116 cm³/mol. The second-order valence-electron chi connectivity index (χ2n) is 9.41. The van der Waals surface area contributed by atoms with Gasteiger partial charge in [-0.25, -0.2) is 14.4 Å². The van der Waals surface area contributed by atoms with Crippen LogP contribution >= 0.6 is 0 Å². The molecule has 0 aromatic carbocycles.